The van der Waals surface area contributed by atoms with Gasteiger partial charge in [-0.2, -0.15) is 0 Å². The van der Waals surface area contributed by atoms with E-state index in [-0.39, 0.29) is 5.41 Å². The lowest BCUT2D eigenvalue weighted by molar-refractivity contribution is 0.459. The number of pyridine rings is 1. The minimum Gasteiger partial charge on any atom is -0.439 e. The third kappa shape index (κ3) is 4.05. The van der Waals surface area contributed by atoms with Crippen LogP contribution in [0.15, 0.2) is 42.6 Å². The highest BCUT2D eigenvalue weighted by Crippen LogP contribution is 2.29. The van der Waals surface area contributed by atoms with E-state index in [4.69, 9.17) is 4.74 Å². The molecule has 2 rings (SSSR count). The number of hydrogen-bond donors (Lipinski definition) is 1. The van der Waals surface area contributed by atoms with E-state index >= 15 is 0 Å². The third-order valence-corrected chi connectivity index (χ3v) is 3.92. The number of benzene rings is 1. The summed E-state index contributed by atoms with van der Waals surface area (Å²) in [6.07, 6.45) is 2.89. The highest BCUT2D eigenvalue weighted by Gasteiger charge is 2.17. The standard InChI is InChI=1S/C18H24N2O/c1-5-18(2,3)15-6-8-16(9-7-15)21-17-12-14(13-19-4)10-11-20-17/h6-12,19H,5,13H2,1-4H3. The second-order valence-corrected chi connectivity index (χ2v) is 5.90. The molecular weight excluding hydrogens is 260 g/mol. The number of rotatable bonds is 6. The molecule has 0 aliphatic heterocycles. The van der Waals surface area contributed by atoms with Crippen molar-refractivity contribution in [2.24, 2.45) is 0 Å². The van der Waals surface area contributed by atoms with Crippen molar-refractivity contribution >= 4 is 0 Å². The van der Waals surface area contributed by atoms with Crippen LogP contribution in [0.1, 0.15) is 38.3 Å². The van der Waals surface area contributed by atoms with Gasteiger partial charge in [0.2, 0.25) is 5.88 Å². The number of aromatic nitrogens is 1. The number of hydrogen-bond acceptors (Lipinski definition) is 3. The van der Waals surface area contributed by atoms with Gasteiger partial charge in [0.1, 0.15) is 5.75 Å². The molecule has 1 N–H and O–H groups in total. The quantitative estimate of drug-likeness (QED) is 0.859. The Labute approximate surface area is 127 Å². The molecule has 0 unspecified atom stereocenters. The van der Waals surface area contributed by atoms with Crippen molar-refractivity contribution in [3.05, 3.63) is 53.7 Å². The molecule has 1 aromatic carbocycles. The van der Waals surface area contributed by atoms with E-state index in [0.29, 0.717) is 5.88 Å². The van der Waals surface area contributed by atoms with Gasteiger partial charge in [-0.25, -0.2) is 4.98 Å². The van der Waals surface area contributed by atoms with E-state index in [2.05, 4.69) is 43.2 Å². The van der Waals surface area contributed by atoms with Crippen molar-refractivity contribution in [2.75, 3.05) is 7.05 Å². The molecule has 0 aliphatic rings. The van der Waals surface area contributed by atoms with Crippen LogP contribution >= 0.6 is 0 Å². The fourth-order valence-corrected chi connectivity index (χ4v) is 2.12. The first kappa shape index (κ1) is 15.5. The smallest absolute Gasteiger partial charge is 0.219 e. The summed E-state index contributed by atoms with van der Waals surface area (Å²) < 4.78 is 5.83. The fraction of sp³-hybridized carbons (Fsp3) is 0.389. The molecule has 0 spiro atoms. The molecule has 1 aromatic heterocycles. The summed E-state index contributed by atoms with van der Waals surface area (Å²) in [5.41, 5.74) is 2.68. The molecular formula is C18H24N2O. The van der Waals surface area contributed by atoms with Crippen LogP contribution in [-0.2, 0) is 12.0 Å². The van der Waals surface area contributed by atoms with Crippen LogP contribution < -0.4 is 10.1 Å². The van der Waals surface area contributed by atoms with E-state index in [1.165, 1.54) is 5.56 Å². The normalized spacial score (nSPS) is 11.4. The summed E-state index contributed by atoms with van der Waals surface area (Å²) in [7, 11) is 1.93. The summed E-state index contributed by atoms with van der Waals surface area (Å²) in [6.45, 7) is 7.53. The Morgan fingerprint density at radius 2 is 1.86 bits per heavy atom. The zero-order valence-electron chi connectivity index (χ0n) is 13.3. The maximum Gasteiger partial charge on any atom is 0.219 e. The van der Waals surface area contributed by atoms with Crippen molar-refractivity contribution in [2.45, 2.75) is 39.2 Å². The lowest BCUT2D eigenvalue weighted by Crippen LogP contribution is -2.14. The second kappa shape index (κ2) is 6.72. The fourth-order valence-electron chi connectivity index (χ4n) is 2.12. The van der Waals surface area contributed by atoms with Gasteiger partial charge >= 0.3 is 0 Å². The molecule has 3 heteroatoms. The molecule has 0 saturated carbocycles. The van der Waals surface area contributed by atoms with Gasteiger partial charge in [-0.15, -0.1) is 0 Å². The first-order chi connectivity index (χ1) is 10.0. The molecule has 0 fully saturated rings. The minimum atomic E-state index is 0.198. The predicted octanol–water partition coefficient (Wildman–Crippen LogP) is 4.28. The lowest BCUT2D eigenvalue weighted by Gasteiger charge is -2.23. The summed E-state index contributed by atoms with van der Waals surface area (Å²) in [4.78, 5) is 4.25. The Kier molecular flexibility index (Phi) is 4.97. The summed E-state index contributed by atoms with van der Waals surface area (Å²) >= 11 is 0. The largest absolute Gasteiger partial charge is 0.439 e. The van der Waals surface area contributed by atoms with Crippen molar-refractivity contribution in [3.8, 4) is 11.6 Å². The van der Waals surface area contributed by atoms with Gasteiger partial charge in [0.05, 0.1) is 0 Å². The second-order valence-electron chi connectivity index (χ2n) is 5.90. The lowest BCUT2D eigenvalue weighted by atomic mass is 9.82. The van der Waals surface area contributed by atoms with Gasteiger partial charge in [0.15, 0.2) is 0 Å². The van der Waals surface area contributed by atoms with Gasteiger partial charge in [-0.05, 0) is 48.2 Å². The van der Waals surface area contributed by atoms with E-state index in [1.54, 1.807) is 6.20 Å². The zero-order valence-corrected chi connectivity index (χ0v) is 13.3. The molecule has 3 nitrogen and oxygen atoms in total. The Balaban J connectivity index is 2.11. The van der Waals surface area contributed by atoms with Gasteiger partial charge in [0, 0.05) is 18.8 Å². The van der Waals surface area contributed by atoms with E-state index in [1.807, 2.05) is 31.3 Å². The summed E-state index contributed by atoms with van der Waals surface area (Å²) in [6, 6.07) is 12.2. The maximum atomic E-state index is 5.83. The minimum absolute atomic E-state index is 0.198. The van der Waals surface area contributed by atoms with Gasteiger partial charge in [-0.3, -0.25) is 0 Å². The molecule has 112 valence electrons. The van der Waals surface area contributed by atoms with Crippen molar-refractivity contribution < 1.29 is 4.74 Å². The molecule has 1 heterocycles. The third-order valence-electron chi connectivity index (χ3n) is 3.92. The van der Waals surface area contributed by atoms with E-state index in [0.717, 1.165) is 24.3 Å². The highest BCUT2D eigenvalue weighted by atomic mass is 16.5. The topological polar surface area (TPSA) is 34.1 Å². The number of nitrogens with zero attached hydrogens (tertiary/aromatic N) is 1. The Bertz CT molecular complexity index is 576. The molecule has 0 saturated heterocycles. The van der Waals surface area contributed by atoms with Crippen LogP contribution in [0, 0.1) is 0 Å². The number of nitrogens with one attached hydrogen (secondary N) is 1. The average Bonchev–Trinajstić information content (AvgIpc) is 2.48. The van der Waals surface area contributed by atoms with Gasteiger partial charge < -0.3 is 10.1 Å². The number of ether oxygens (including phenoxy) is 1. The van der Waals surface area contributed by atoms with Crippen molar-refractivity contribution in [1.82, 2.24) is 10.3 Å². The molecule has 21 heavy (non-hydrogen) atoms. The first-order valence-electron chi connectivity index (χ1n) is 7.43. The van der Waals surface area contributed by atoms with E-state index < -0.39 is 0 Å². The monoisotopic (exact) mass is 284 g/mol. The van der Waals surface area contributed by atoms with Crippen LogP contribution in [0.2, 0.25) is 0 Å². The first-order valence-corrected chi connectivity index (χ1v) is 7.43. The summed E-state index contributed by atoms with van der Waals surface area (Å²) in [5, 5.41) is 3.12. The van der Waals surface area contributed by atoms with Crippen LogP contribution in [0.25, 0.3) is 0 Å². The van der Waals surface area contributed by atoms with Crippen LogP contribution in [0.5, 0.6) is 11.6 Å². The summed E-state index contributed by atoms with van der Waals surface area (Å²) in [5.74, 6) is 1.45. The SMILES string of the molecule is CCC(C)(C)c1ccc(Oc2cc(CNC)ccn2)cc1. The molecule has 0 radical (unpaired) electrons. The van der Waals surface area contributed by atoms with Crippen LogP contribution in [0.4, 0.5) is 0 Å². The average molecular weight is 284 g/mol. The molecule has 0 aliphatic carbocycles. The maximum absolute atomic E-state index is 5.83. The highest BCUT2D eigenvalue weighted by molar-refractivity contribution is 5.34. The van der Waals surface area contributed by atoms with Crippen LogP contribution in [-0.4, -0.2) is 12.0 Å². The Morgan fingerprint density at radius 3 is 2.48 bits per heavy atom. The predicted molar refractivity (Wildman–Crippen MR) is 86.8 cm³/mol. The molecule has 0 amide bonds. The van der Waals surface area contributed by atoms with Crippen molar-refractivity contribution in [1.29, 1.82) is 0 Å². The molecule has 2 aromatic rings. The Hall–Kier alpha value is -1.87. The van der Waals surface area contributed by atoms with E-state index in [9.17, 15) is 0 Å². The Morgan fingerprint density at radius 1 is 1.14 bits per heavy atom. The van der Waals surface area contributed by atoms with Gasteiger partial charge in [0.25, 0.3) is 0 Å². The van der Waals surface area contributed by atoms with Crippen LogP contribution in [0.3, 0.4) is 0 Å². The van der Waals surface area contributed by atoms with Gasteiger partial charge in [-0.1, -0.05) is 32.9 Å². The molecule has 0 atom stereocenters. The molecule has 0 bridgehead atoms. The zero-order chi connectivity index (χ0) is 15.3. The van der Waals surface area contributed by atoms with Crippen molar-refractivity contribution in [3.63, 3.8) is 0 Å².